The smallest absolute Gasteiger partial charge is 0.331 e. The number of Topliss-reactive ketones (excluding diaryl/α,β-unsaturated/α-hetero) is 1. The number of ketones is 1. The Labute approximate surface area is 259 Å². The van der Waals surface area contributed by atoms with E-state index in [9.17, 15) is 14.7 Å². The Hall–Kier alpha value is -2.02. The summed E-state index contributed by atoms with van der Waals surface area (Å²) < 4.78 is 18.6. The van der Waals surface area contributed by atoms with Gasteiger partial charge in [0.15, 0.2) is 23.3 Å². The standard InChI is InChI=1S/C37H54O6/c1-8-9-10-11-12-13-14-15-16-17-18-19-29(38)42-32-24(2)22-36-25(3)20-28-30(34(28,4)5)27(31(36)39)21-26-23-41-35(6,7)43-33(26)37(32,36)40/h16-19,21-22,25,27-28,30,32-33,40H,8-15,20,23H2,1-7H3/b17-16-,19-18+/t25-,27-,28-,30+,32+,33-,36+,37-/m1/s1. The number of hydrogen-bond donors (Lipinski definition) is 1. The van der Waals surface area contributed by atoms with Gasteiger partial charge in [-0.1, -0.05) is 96.6 Å². The number of rotatable bonds is 11. The predicted molar refractivity (Wildman–Crippen MR) is 168 cm³/mol. The van der Waals surface area contributed by atoms with E-state index < -0.39 is 35.0 Å². The van der Waals surface area contributed by atoms with E-state index in [-0.39, 0.29) is 35.6 Å². The van der Waals surface area contributed by atoms with Crippen molar-refractivity contribution in [3.8, 4) is 0 Å². The minimum Gasteiger partial charge on any atom is -0.451 e. The molecule has 1 aliphatic heterocycles. The first-order valence-electron chi connectivity index (χ1n) is 16.8. The van der Waals surface area contributed by atoms with Crippen molar-refractivity contribution >= 4 is 11.8 Å². The van der Waals surface area contributed by atoms with E-state index in [4.69, 9.17) is 14.2 Å². The number of esters is 1. The lowest BCUT2D eigenvalue weighted by molar-refractivity contribution is -0.303. The van der Waals surface area contributed by atoms with Gasteiger partial charge < -0.3 is 19.3 Å². The summed E-state index contributed by atoms with van der Waals surface area (Å²) in [6, 6.07) is 0. The molecule has 5 rings (SSSR count). The zero-order chi connectivity index (χ0) is 31.2. The van der Waals surface area contributed by atoms with Crippen molar-refractivity contribution in [2.45, 2.75) is 130 Å². The van der Waals surface area contributed by atoms with Gasteiger partial charge in [-0.2, -0.15) is 0 Å². The molecular formula is C37H54O6. The second kappa shape index (κ2) is 12.1. The van der Waals surface area contributed by atoms with Crippen molar-refractivity contribution in [1.82, 2.24) is 0 Å². The average molecular weight is 595 g/mol. The number of allylic oxidation sites excluding steroid dienone is 4. The molecule has 1 spiro atoms. The Bertz CT molecular complexity index is 1210. The second-order valence-corrected chi connectivity index (χ2v) is 15.0. The fourth-order valence-corrected chi connectivity index (χ4v) is 8.98. The van der Waals surface area contributed by atoms with Crippen LogP contribution >= 0.6 is 0 Å². The van der Waals surface area contributed by atoms with Gasteiger partial charge in [-0.15, -0.1) is 0 Å². The summed E-state index contributed by atoms with van der Waals surface area (Å²) in [5, 5.41) is 13.0. The molecule has 0 amide bonds. The van der Waals surface area contributed by atoms with Crippen molar-refractivity contribution in [2.24, 2.45) is 34.5 Å². The van der Waals surface area contributed by atoms with Crippen LogP contribution in [0, 0.1) is 34.5 Å². The summed E-state index contributed by atoms with van der Waals surface area (Å²) in [5.41, 5.74) is -1.50. The summed E-state index contributed by atoms with van der Waals surface area (Å²) in [5.74, 6) is -1.39. The molecule has 1 saturated heterocycles. The van der Waals surface area contributed by atoms with E-state index in [1.165, 1.54) is 44.6 Å². The van der Waals surface area contributed by atoms with Crippen LogP contribution in [0.1, 0.15) is 106 Å². The van der Waals surface area contributed by atoms with Gasteiger partial charge in [0.05, 0.1) is 12.0 Å². The molecule has 2 bridgehead atoms. The molecule has 4 aliphatic carbocycles. The van der Waals surface area contributed by atoms with Gasteiger partial charge in [-0.05, 0) is 74.3 Å². The number of aliphatic hydroxyl groups is 1. The minimum absolute atomic E-state index is 0.0191. The first-order chi connectivity index (χ1) is 20.3. The molecule has 0 aromatic rings. The summed E-state index contributed by atoms with van der Waals surface area (Å²) in [6.07, 6.45) is 19.9. The number of carbonyl (C=O) groups excluding carboxylic acids is 2. The highest BCUT2D eigenvalue weighted by Gasteiger charge is 2.77. The molecule has 0 aromatic heterocycles. The monoisotopic (exact) mass is 594 g/mol. The molecule has 5 aliphatic rings. The van der Waals surface area contributed by atoms with E-state index in [0.29, 0.717) is 11.5 Å². The Morgan fingerprint density at radius 2 is 1.79 bits per heavy atom. The van der Waals surface area contributed by atoms with Crippen molar-refractivity contribution in [1.29, 1.82) is 0 Å². The Kier molecular flexibility index (Phi) is 9.08. The number of unbranched alkanes of at least 4 members (excludes halogenated alkanes) is 7. The number of hydrogen-bond acceptors (Lipinski definition) is 6. The third-order valence-corrected chi connectivity index (χ3v) is 11.4. The maximum atomic E-state index is 14.7. The van der Waals surface area contributed by atoms with Crippen molar-refractivity contribution in [3.63, 3.8) is 0 Å². The van der Waals surface area contributed by atoms with Crippen LogP contribution < -0.4 is 0 Å². The lowest BCUT2D eigenvalue weighted by Crippen LogP contribution is -2.68. The molecule has 2 saturated carbocycles. The molecule has 6 nitrogen and oxygen atoms in total. The molecule has 8 atom stereocenters. The first-order valence-corrected chi connectivity index (χ1v) is 16.8. The molecular weight excluding hydrogens is 540 g/mol. The SMILES string of the molecule is CCCCCCCCC/C=C\C=C\C(=O)O[C@H]1C(C)=C[C@]23C(=O)[C@H](C=C4COC(C)(C)O[C@H]4[C@]12O)[C@H]1[C@@H](C[C@H]3C)C1(C)C. The van der Waals surface area contributed by atoms with Crippen LogP contribution in [-0.4, -0.2) is 47.1 Å². The Morgan fingerprint density at radius 3 is 2.51 bits per heavy atom. The number of carbonyl (C=O) groups is 2. The second-order valence-electron chi connectivity index (χ2n) is 15.0. The van der Waals surface area contributed by atoms with E-state index in [0.717, 1.165) is 24.8 Å². The fourth-order valence-electron chi connectivity index (χ4n) is 8.98. The van der Waals surface area contributed by atoms with Gasteiger partial charge in [0.2, 0.25) is 0 Å². The van der Waals surface area contributed by atoms with E-state index in [1.54, 1.807) is 6.08 Å². The Balaban J connectivity index is 1.35. The summed E-state index contributed by atoms with van der Waals surface area (Å²) in [7, 11) is 0. The average Bonchev–Trinajstić information content (AvgIpc) is 3.44. The van der Waals surface area contributed by atoms with Gasteiger partial charge in [-0.25, -0.2) is 4.79 Å². The van der Waals surface area contributed by atoms with Crippen molar-refractivity contribution in [2.75, 3.05) is 6.61 Å². The van der Waals surface area contributed by atoms with Crippen LogP contribution in [0.4, 0.5) is 0 Å². The summed E-state index contributed by atoms with van der Waals surface area (Å²) in [6.45, 7) is 14.6. The lowest BCUT2D eigenvalue weighted by Gasteiger charge is -2.52. The maximum absolute atomic E-state index is 14.7. The van der Waals surface area contributed by atoms with Crippen molar-refractivity contribution in [3.05, 3.63) is 47.6 Å². The third kappa shape index (κ3) is 5.55. The maximum Gasteiger partial charge on any atom is 0.331 e. The highest BCUT2D eigenvalue weighted by atomic mass is 16.7. The molecule has 0 aromatic carbocycles. The lowest BCUT2D eigenvalue weighted by atomic mass is 9.59. The number of fused-ring (bicyclic) bond motifs is 5. The zero-order valence-corrected chi connectivity index (χ0v) is 27.5. The van der Waals surface area contributed by atoms with E-state index in [1.807, 2.05) is 39.0 Å². The molecule has 3 fully saturated rings. The third-order valence-electron chi connectivity index (χ3n) is 11.4. The van der Waals surface area contributed by atoms with Crippen LogP contribution in [-0.2, 0) is 23.8 Å². The molecule has 1 heterocycles. The largest absolute Gasteiger partial charge is 0.451 e. The Morgan fingerprint density at radius 1 is 1.09 bits per heavy atom. The van der Waals surface area contributed by atoms with Crippen LogP contribution in [0.3, 0.4) is 0 Å². The first kappa shape index (κ1) is 32.4. The zero-order valence-electron chi connectivity index (χ0n) is 27.5. The quantitative estimate of drug-likeness (QED) is 0.0882. The molecule has 1 N–H and O–H groups in total. The van der Waals surface area contributed by atoms with Gasteiger partial charge in [0.1, 0.15) is 6.10 Å². The van der Waals surface area contributed by atoms with Crippen molar-refractivity contribution < 1.29 is 28.9 Å². The fraction of sp³-hybridized carbons (Fsp3) is 0.730. The van der Waals surface area contributed by atoms with Gasteiger partial charge in [0.25, 0.3) is 0 Å². The van der Waals surface area contributed by atoms with E-state index >= 15 is 0 Å². The topological polar surface area (TPSA) is 82.1 Å². The van der Waals surface area contributed by atoms with Crippen LogP contribution in [0.25, 0.3) is 0 Å². The summed E-state index contributed by atoms with van der Waals surface area (Å²) in [4.78, 5) is 27.9. The highest BCUT2D eigenvalue weighted by Crippen LogP contribution is 2.72. The van der Waals surface area contributed by atoms with Crippen LogP contribution in [0.5, 0.6) is 0 Å². The molecule has 43 heavy (non-hydrogen) atoms. The predicted octanol–water partition coefficient (Wildman–Crippen LogP) is 7.42. The summed E-state index contributed by atoms with van der Waals surface area (Å²) >= 11 is 0. The van der Waals surface area contributed by atoms with E-state index in [2.05, 4.69) is 33.8 Å². The van der Waals surface area contributed by atoms with Crippen LogP contribution in [0.2, 0.25) is 0 Å². The molecule has 6 heteroatoms. The highest BCUT2D eigenvalue weighted by molar-refractivity contribution is 5.95. The minimum atomic E-state index is -1.79. The van der Waals surface area contributed by atoms with Gasteiger partial charge in [0, 0.05) is 12.0 Å². The number of ether oxygens (including phenoxy) is 3. The normalized spacial score (nSPS) is 38.9. The molecule has 0 unspecified atom stereocenters. The van der Waals surface area contributed by atoms with Gasteiger partial charge in [-0.3, -0.25) is 4.79 Å². The molecule has 0 radical (unpaired) electrons. The van der Waals surface area contributed by atoms with Crippen LogP contribution in [0.15, 0.2) is 47.6 Å². The van der Waals surface area contributed by atoms with Gasteiger partial charge >= 0.3 is 5.97 Å². The molecule has 238 valence electrons.